The Hall–Kier alpha value is -0.550. The van der Waals surface area contributed by atoms with Gasteiger partial charge in [0.2, 0.25) is 0 Å². The zero-order valence-corrected chi connectivity index (χ0v) is 15.0. The maximum Gasteiger partial charge on any atom is 0.146 e. The standard InChI is InChI=1S/C16H17BrClNOS/c1-2-19-8-6-11-7-9-21-16(11)14(10-19)20-13-5-3-4-12(17)15(13)18/h3-5,7,9,14H,2,6,8,10H2,1H3. The van der Waals surface area contributed by atoms with Crippen molar-refractivity contribution in [2.45, 2.75) is 19.4 Å². The minimum absolute atomic E-state index is 0.0502. The number of nitrogens with zero attached hydrogens (tertiary/aromatic N) is 1. The molecule has 2 aromatic rings. The molecule has 1 aromatic carbocycles. The van der Waals surface area contributed by atoms with Gasteiger partial charge in [-0.25, -0.2) is 0 Å². The van der Waals surface area contributed by atoms with Gasteiger partial charge in [-0.1, -0.05) is 24.6 Å². The van der Waals surface area contributed by atoms with Crippen molar-refractivity contribution in [3.05, 3.63) is 49.6 Å². The van der Waals surface area contributed by atoms with Crippen LogP contribution in [0.5, 0.6) is 5.75 Å². The fourth-order valence-electron chi connectivity index (χ4n) is 2.63. The number of benzene rings is 1. The summed E-state index contributed by atoms with van der Waals surface area (Å²) in [6.07, 6.45) is 1.15. The molecule has 112 valence electrons. The summed E-state index contributed by atoms with van der Waals surface area (Å²) in [4.78, 5) is 3.77. The molecule has 0 spiro atoms. The molecule has 3 rings (SSSR count). The van der Waals surface area contributed by atoms with Crippen molar-refractivity contribution in [1.82, 2.24) is 4.90 Å². The van der Waals surface area contributed by atoms with Crippen LogP contribution in [0, 0.1) is 0 Å². The molecule has 1 aliphatic rings. The molecule has 1 aromatic heterocycles. The smallest absolute Gasteiger partial charge is 0.146 e. The fourth-order valence-corrected chi connectivity index (χ4v) is 4.12. The molecule has 21 heavy (non-hydrogen) atoms. The van der Waals surface area contributed by atoms with Crippen LogP contribution in [-0.2, 0) is 6.42 Å². The molecule has 1 atom stereocenters. The third-order valence-electron chi connectivity index (χ3n) is 3.83. The van der Waals surface area contributed by atoms with Crippen LogP contribution >= 0.6 is 38.9 Å². The largest absolute Gasteiger partial charge is 0.482 e. The van der Waals surface area contributed by atoms with Gasteiger partial charge in [-0.15, -0.1) is 11.3 Å². The van der Waals surface area contributed by atoms with E-state index in [9.17, 15) is 0 Å². The van der Waals surface area contributed by atoms with E-state index in [0.717, 1.165) is 36.3 Å². The highest BCUT2D eigenvalue weighted by atomic mass is 79.9. The number of hydrogen-bond acceptors (Lipinski definition) is 3. The van der Waals surface area contributed by atoms with Crippen molar-refractivity contribution >= 4 is 38.9 Å². The van der Waals surface area contributed by atoms with Crippen molar-refractivity contribution in [2.24, 2.45) is 0 Å². The van der Waals surface area contributed by atoms with Gasteiger partial charge in [0.15, 0.2) is 0 Å². The Bertz CT molecular complexity index is 630. The van der Waals surface area contributed by atoms with Gasteiger partial charge >= 0.3 is 0 Å². The number of likely N-dealkylation sites (N-methyl/N-ethyl adjacent to an activating group) is 1. The van der Waals surface area contributed by atoms with Crippen LogP contribution < -0.4 is 4.74 Å². The van der Waals surface area contributed by atoms with E-state index >= 15 is 0 Å². The minimum atomic E-state index is 0.0502. The zero-order valence-electron chi connectivity index (χ0n) is 11.8. The van der Waals surface area contributed by atoms with E-state index < -0.39 is 0 Å². The van der Waals surface area contributed by atoms with E-state index in [1.54, 1.807) is 11.3 Å². The molecule has 0 aliphatic carbocycles. The molecule has 1 unspecified atom stereocenters. The maximum atomic E-state index is 6.34. The summed E-state index contributed by atoms with van der Waals surface area (Å²) in [6, 6.07) is 8.03. The van der Waals surface area contributed by atoms with E-state index in [-0.39, 0.29) is 6.10 Å². The topological polar surface area (TPSA) is 12.5 Å². The summed E-state index contributed by atoms with van der Waals surface area (Å²) < 4.78 is 7.14. The summed E-state index contributed by atoms with van der Waals surface area (Å²) in [5.41, 5.74) is 1.41. The van der Waals surface area contributed by atoms with E-state index in [4.69, 9.17) is 16.3 Å². The van der Waals surface area contributed by atoms with Gasteiger partial charge in [0.1, 0.15) is 11.9 Å². The van der Waals surface area contributed by atoms with Crippen LogP contribution in [0.25, 0.3) is 0 Å². The molecule has 0 saturated carbocycles. The summed E-state index contributed by atoms with van der Waals surface area (Å²) in [6.45, 7) is 5.24. The van der Waals surface area contributed by atoms with E-state index in [1.807, 2.05) is 18.2 Å². The Morgan fingerprint density at radius 1 is 1.43 bits per heavy atom. The zero-order chi connectivity index (χ0) is 14.8. The predicted octanol–water partition coefficient (Wildman–Crippen LogP) is 5.16. The average molecular weight is 387 g/mol. The van der Waals surface area contributed by atoms with Crippen molar-refractivity contribution in [1.29, 1.82) is 0 Å². The molecular formula is C16H17BrClNOS. The molecule has 5 heteroatoms. The summed E-state index contributed by atoms with van der Waals surface area (Å²) >= 11 is 11.6. The Morgan fingerprint density at radius 2 is 2.29 bits per heavy atom. The Morgan fingerprint density at radius 3 is 3.10 bits per heavy atom. The summed E-state index contributed by atoms with van der Waals surface area (Å²) in [5, 5.41) is 2.80. The van der Waals surface area contributed by atoms with Crippen LogP contribution in [0.2, 0.25) is 5.02 Å². The number of thiophene rings is 1. The molecule has 0 N–H and O–H groups in total. The Balaban J connectivity index is 1.90. The van der Waals surface area contributed by atoms with Crippen LogP contribution in [0.15, 0.2) is 34.1 Å². The molecule has 0 fully saturated rings. The van der Waals surface area contributed by atoms with Gasteiger partial charge < -0.3 is 4.74 Å². The number of fused-ring (bicyclic) bond motifs is 1. The quantitative estimate of drug-likeness (QED) is 0.722. The SMILES string of the molecule is CCN1CCc2ccsc2C(Oc2cccc(Br)c2Cl)C1. The van der Waals surface area contributed by atoms with Gasteiger partial charge in [0.25, 0.3) is 0 Å². The molecule has 0 bridgehead atoms. The van der Waals surface area contributed by atoms with Gasteiger partial charge in [-0.05, 0) is 58.0 Å². The van der Waals surface area contributed by atoms with E-state index in [2.05, 4.69) is 39.2 Å². The Kier molecular flexibility index (Phi) is 4.89. The first-order valence-corrected chi connectivity index (χ1v) is 9.13. The van der Waals surface area contributed by atoms with Crippen LogP contribution in [0.1, 0.15) is 23.5 Å². The van der Waals surface area contributed by atoms with E-state index in [0.29, 0.717) is 5.02 Å². The number of rotatable bonds is 3. The molecule has 0 amide bonds. The normalized spacial score (nSPS) is 19.1. The second-order valence-electron chi connectivity index (χ2n) is 5.11. The first-order valence-electron chi connectivity index (χ1n) is 7.08. The highest BCUT2D eigenvalue weighted by molar-refractivity contribution is 9.10. The van der Waals surface area contributed by atoms with Crippen molar-refractivity contribution in [3.63, 3.8) is 0 Å². The van der Waals surface area contributed by atoms with Gasteiger partial charge in [0, 0.05) is 22.4 Å². The average Bonchev–Trinajstić information content (AvgIpc) is 2.89. The van der Waals surface area contributed by atoms with E-state index in [1.165, 1.54) is 10.4 Å². The highest BCUT2D eigenvalue weighted by Gasteiger charge is 2.25. The lowest BCUT2D eigenvalue weighted by molar-refractivity contribution is 0.147. The summed E-state index contributed by atoms with van der Waals surface area (Å²) in [7, 11) is 0. The molecule has 2 heterocycles. The number of hydrogen-bond donors (Lipinski definition) is 0. The monoisotopic (exact) mass is 385 g/mol. The maximum absolute atomic E-state index is 6.34. The van der Waals surface area contributed by atoms with Crippen molar-refractivity contribution < 1.29 is 4.74 Å². The van der Waals surface area contributed by atoms with Gasteiger partial charge in [-0.2, -0.15) is 0 Å². The molecule has 2 nitrogen and oxygen atoms in total. The van der Waals surface area contributed by atoms with Gasteiger partial charge in [-0.3, -0.25) is 4.90 Å². The number of ether oxygens (including phenoxy) is 1. The second kappa shape index (κ2) is 6.69. The first kappa shape index (κ1) is 15.3. The third kappa shape index (κ3) is 3.29. The van der Waals surface area contributed by atoms with Crippen LogP contribution in [0.4, 0.5) is 0 Å². The minimum Gasteiger partial charge on any atom is -0.482 e. The number of halogens is 2. The molecule has 0 radical (unpaired) electrons. The fraction of sp³-hybridized carbons (Fsp3) is 0.375. The molecule has 1 aliphatic heterocycles. The predicted molar refractivity (Wildman–Crippen MR) is 92.7 cm³/mol. The highest BCUT2D eigenvalue weighted by Crippen LogP contribution is 2.37. The van der Waals surface area contributed by atoms with Gasteiger partial charge in [0.05, 0.1) is 5.02 Å². The lowest BCUT2D eigenvalue weighted by Crippen LogP contribution is -2.30. The summed E-state index contributed by atoms with van der Waals surface area (Å²) in [5.74, 6) is 0.744. The molecule has 0 saturated heterocycles. The van der Waals surface area contributed by atoms with Crippen molar-refractivity contribution in [2.75, 3.05) is 19.6 Å². The lowest BCUT2D eigenvalue weighted by Gasteiger charge is -2.24. The van der Waals surface area contributed by atoms with Crippen LogP contribution in [-0.4, -0.2) is 24.5 Å². The molecular weight excluding hydrogens is 370 g/mol. The first-order chi connectivity index (χ1) is 10.2. The van der Waals surface area contributed by atoms with Crippen molar-refractivity contribution in [3.8, 4) is 5.75 Å². The second-order valence-corrected chi connectivity index (χ2v) is 7.29. The third-order valence-corrected chi connectivity index (χ3v) is 6.16. The Labute approximate surface area is 142 Å². The van der Waals surface area contributed by atoms with Crippen LogP contribution in [0.3, 0.4) is 0 Å². The lowest BCUT2D eigenvalue weighted by atomic mass is 10.1.